The molecule has 0 aromatic carbocycles. The number of pyridine rings is 1. The predicted octanol–water partition coefficient (Wildman–Crippen LogP) is -0.366. The molecule has 0 saturated carbocycles. The van der Waals surface area contributed by atoms with Gasteiger partial charge in [0, 0.05) is 46.5 Å². The lowest BCUT2D eigenvalue weighted by molar-refractivity contribution is 0.0616. The van der Waals surface area contributed by atoms with Crippen LogP contribution in [-0.4, -0.2) is 87.3 Å². The van der Waals surface area contributed by atoms with E-state index in [-0.39, 0.29) is 19.0 Å². The quantitative estimate of drug-likeness (QED) is 0.734. The van der Waals surface area contributed by atoms with Crippen molar-refractivity contribution in [1.82, 2.24) is 14.2 Å². The summed E-state index contributed by atoms with van der Waals surface area (Å²) in [6.45, 7) is 2.10. The van der Waals surface area contributed by atoms with Gasteiger partial charge in [0.2, 0.25) is 10.0 Å². The Kier molecular flexibility index (Phi) is 4.75. The topological polar surface area (TPSA) is 83.1 Å². The lowest BCUT2D eigenvalue weighted by atomic mass is 10.1. The number of hydrogen-bond acceptors (Lipinski definition) is 6. The second-order valence-corrected chi connectivity index (χ2v) is 8.40. The lowest BCUT2D eigenvalue weighted by Crippen LogP contribution is -2.60. The first kappa shape index (κ1) is 17.1. The number of rotatable bonds is 4. The molecule has 0 spiro atoms. The van der Waals surface area contributed by atoms with Gasteiger partial charge in [-0.2, -0.15) is 4.31 Å². The molecule has 0 atom stereocenters. The fraction of sp³-hybridized carbons (Fsp3) is 0.600. The number of nitrogens with zero attached hydrogens (tertiary/aromatic N) is 4. The van der Waals surface area contributed by atoms with Crippen LogP contribution in [0.1, 0.15) is 10.4 Å². The summed E-state index contributed by atoms with van der Waals surface area (Å²) in [7, 11) is 0.396. The maximum atomic E-state index is 12.5. The maximum absolute atomic E-state index is 12.5. The normalized spacial score (nSPS) is 19.8. The van der Waals surface area contributed by atoms with E-state index < -0.39 is 15.3 Å². The van der Waals surface area contributed by atoms with Gasteiger partial charge in [0.1, 0.15) is 11.1 Å². The van der Waals surface area contributed by atoms with E-state index in [1.165, 1.54) is 10.5 Å². The van der Waals surface area contributed by atoms with E-state index >= 15 is 0 Å². The highest BCUT2D eigenvalue weighted by atomic mass is 32.2. The van der Waals surface area contributed by atoms with Crippen LogP contribution in [-0.2, 0) is 14.8 Å². The van der Waals surface area contributed by atoms with Crippen LogP contribution in [0.2, 0.25) is 0 Å². The Morgan fingerprint density at radius 1 is 1.25 bits per heavy atom. The molecular formula is C15H22N4O4S. The summed E-state index contributed by atoms with van der Waals surface area (Å²) < 4.78 is 31.7. The van der Waals surface area contributed by atoms with Gasteiger partial charge < -0.3 is 14.5 Å². The number of carbonyl (C=O) groups is 1. The largest absolute Gasteiger partial charge is 0.379 e. The first-order valence-corrected chi connectivity index (χ1v) is 9.39. The van der Waals surface area contributed by atoms with Crippen LogP contribution in [0, 0.1) is 0 Å². The Hall–Kier alpha value is -1.71. The monoisotopic (exact) mass is 354 g/mol. The molecule has 0 radical (unpaired) electrons. The van der Waals surface area contributed by atoms with Crippen molar-refractivity contribution in [2.24, 2.45) is 0 Å². The SMILES string of the molecule is CN(C)c1ccc(C(=O)N2CC(S(=O)(=O)N3CCOCC3)C2)cn1. The number of likely N-dealkylation sites (tertiary alicyclic amines) is 1. The molecule has 1 aromatic rings. The van der Waals surface area contributed by atoms with Gasteiger partial charge in [0.25, 0.3) is 5.91 Å². The summed E-state index contributed by atoms with van der Waals surface area (Å²) in [5, 5.41) is -0.520. The molecule has 2 saturated heterocycles. The van der Waals surface area contributed by atoms with Crippen LogP contribution in [0.25, 0.3) is 0 Å². The van der Waals surface area contributed by atoms with Crippen molar-refractivity contribution in [1.29, 1.82) is 0 Å². The van der Waals surface area contributed by atoms with E-state index in [1.54, 1.807) is 17.0 Å². The van der Waals surface area contributed by atoms with E-state index in [2.05, 4.69) is 4.98 Å². The van der Waals surface area contributed by atoms with Crippen LogP contribution < -0.4 is 4.90 Å². The molecule has 0 aliphatic carbocycles. The summed E-state index contributed by atoms with van der Waals surface area (Å²) in [4.78, 5) is 20.0. The highest BCUT2D eigenvalue weighted by Crippen LogP contribution is 2.23. The van der Waals surface area contributed by atoms with Gasteiger partial charge in [-0.3, -0.25) is 4.79 Å². The van der Waals surface area contributed by atoms with E-state index in [0.717, 1.165) is 5.82 Å². The average molecular weight is 354 g/mol. The third kappa shape index (κ3) is 3.24. The van der Waals surface area contributed by atoms with E-state index in [4.69, 9.17) is 4.74 Å². The van der Waals surface area contributed by atoms with Crippen molar-refractivity contribution >= 4 is 21.7 Å². The summed E-state index contributed by atoms with van der Waals surface area (Å²) >= 11 is 0. The molecule has 0 bridgehead atoms. The smallest absolute Gasteiger partial charge is 0.255 e. The van der Waals surface area contributed by atoms with Gasteiger partial charge in [-0.15, -0.1) is 0 Å². The number of hydrogen-bond donors (Lipinski definition) is 0. The first-order chi connectivity index (χ1) is 11.4. The minimum atomic E-state index is -3.35. The Bertz CT molecular complexity index is 693. The molecular weight excluding hydrogens is 332 g/mol. The van der Waals surface area contributed by atoms with Gasteiger partial charge in [0.05, 0.1) is 18.8 Å². The molecule has 1 aromatic heterocycles. The second-order valence-electron chi connectivity index (χ2n) is 6.19. The second kappa shape index (κ2) is 6.66. The predicted molar refractivity (Wildman–Crippen MR) is 89.6 cm³/mol. The van der Waals surface area contributed by atoms with Gasteiger partial charge >= 0.3 is 0 Å². The number of aromatic nitrogens is 1. The van der Waals surface area contributed by atoms with Gasteiger partial charge in [-0.1, -0.05) is 0 Å². The summed E-state index contributed by atoms with van der Waals surface area (Å²) in [5.41, 5.74) is 0.475. The van der Waals surface area contributed by atoms with Crippen LogP contribution in [0.5, 0.6) is 0 Å². The zero-order valence-electron chi connectivity index (χ0n) is 13.9. The third-order valence-corrected chi connectivity index (χ3v) is 6.56. The fourth-order valence-electron chi connectivity index (χ4n) is 2.76. The highest BCUT2D eigenvalue weighted by Gasteiger charge is 2.43. The molecule has 3 heterocycles. The zero-order valence-corrected chi connectivity index (χ0v) is 14.7. The number of morpholine rings is 1. The molecule has 3 rings (SSSR count). The Morgan fingerprint density at radius 3 is 2.46 bits per heavy atom. The molecule has 8 nitrogen and oxygen atoms in total. The van der Waals surface area contributed by atoms with Crippen LogP contribution in [0.3, 0.4) is 0 Å². The summed E-state index contributed by atoms with van der Waals surface area (Å²) in [6.07, 6.45) is 1.53. The molecule has 2 aliphatic heterocycles. The fourth-order valence-corrected chi connectivity index (χ4v) is 4.58. The molecule has 0 N–H and O–H groups in total. The van der Waals surface area contributed by atoms with E-state index in [0.29, 0.717) is 31.9 Å². The van der Waals surface area contributed by atoms with Crippen molar-refractivity contribution in [3.8, 4) is 0 Å². The third-order valence-electron chi connectivity index (χ3n) is 4.34. The number of amides is 1. The summed E-state index contributed by atoms with van der Waals surface area (Å²) in [5.74, 6) is 0.587. The lowest BCUT2D eigenvalue weighted by Gasteiger charge is -2.41. The van der Waals surface area contributed by atoms with Gasteiger partial charge in [-0.25, -0.2) is 13.4 Å². The number of carbonyl (C=O) groups excluding carboxylic acids is 1. The van der Waals surface area contributed by atoms with Crippen molar-refractivity contribution in [3.05, 3.63) is 23.9 Å². The maximum Gasteiger partial charge on any atom is 0.255 e. The summed E-state index contributed by atoms with van der Waals surface area (Å²) in [6, 6.07) is 3.49. The number of anilines is 1. The Balaban J connectivity index is 1.60. The Labute approximate surface area is 142 Å². The van der Waals surface area contributed by atoms with E-state index in [9.17, 15) is 13.2 Å². The van der Waals surface area contributed by atoms with Crippen LogP contribution in [0.4, 0.5) is 5.82 Å². The van der Waals surface area contributed by atoms with Crippen molar-refractivity contribution in [2.75, 3.05) is 58.4 Å². The highest BCUT2D eigenvalue weighted by molar-refractivity contribution is 7.89. The molecule has 9 heteroatoms. The van der Waals surface area contributed by atoms with Crippen molar-refractivity contribution < 1.29 is 17.9 Å². The van der Waals surface area contributed by atoms with Crippen LogP contribution in [0.15, 0.2) is 18.3 Å². The average Bonchev–Trinajstić information content (AvgIpc) is 2.54. The van der Waals surface area contributed by atoms with Crippen molar-refractivity contribution in [2.45, 2.75) is 5.25 Å². The molecule has 2 aliphatic rings. The number of sulfonamides is 1. The van der Waals surface area contributed by atoms with Crippen molar-refractivity contribution in [3.63, 3.8) is 0 Å². The van der Waals surface area contributed by atoms with Gasteiger partial charge in [0.15, 0.2) is 0 Å². The van der Waals surface area contributed by atoms with Crippen LogP contribution >= 0.6 is 0 Å². The minimum absolute atomic E-state index is 0.179. The molecule has 24 heavy (non-hydrogen) atoms. The molecule has 2 fully saturated rings. The first-order valence-electron chi connectivity index (χ1n) is 7.89. The minimum Gasteiger partial charge on any atom is -0.379 e. The molecule has 0 unspecified atom stereocenters. The number of ether oxygens (including phenoxy) is 1. The Morgan fingerprint density at radius 2 is 1.92 bits per heavy atom. The standard InChI is InChI=1S/C15H22N4O4S/c1-17(2)14-4-3-12(9-16-14)15(20)18-10-13(11-18)24(21,22)19-5-7-23-8-6-19/h3-4,9,13H,5-8,10-11H2,1-2H3. The van der Waals surface area contributed by atoms with E-state index in [1.807, 2.05) is 19.0 Å². The molecule has 1 amide bonds. The van der Waals surface area contributed by atoms with Gasteiger partial charge in [-0.05, 0) is 12.1 Å². The zero-order chi connectivity index (χ0) is 17.3. The molecule has 132 valence electrons.